The summed E-state index contributed by atoms with van der Waals surface area (Å²) in [5, 5.41) is 2.83. The lowest BCUT2D eigenvalue weighted by molar-refractivity contribution is -0.122. The van der Waals surface area contributed by atoms with Gasteiger partial charge in [-0.2, -0.15) is 0 Å². The van der Waals surface area contributed by atoms with Crippen LogP contribution in [0.25, 0.3) is 0 Å². The van der Waals surface area contributed by atoms with Crippen molar-refractivity contribution in [2.45, 2.75) is 33.1 Å². The molecule has 0 bridgehead atoms. The molecule has 6 heteroatoms. The van der Waals surface area contributed by atoms with E-state index in [4.69, 9.17) is 0 Å². The van der Waals surface area contributed by atoms with Crippen molar-refractivity contribution >= 4 is 21.6 Å². The van der Waals surface area contributed by atoms with Crippen molar-refractivity contribution in [1.29, 1.82) is 0 Å². The molecule has 1 amide bonds. The van der Waals surface area contributed by atoms with E-state index in [2.05, 4.69) is 5.32 Å². The van der Waals surface area contributed by atoms with Gasteiger partial charge >= 0.3 is 0 Å². The fourth-order valence-electron chi connectivity index (χ4n) is 2.58. The summed E-state index contributed by atoms with van der Waals surface area (Å²) in [6.45, 7) is 4.51. The van der Waals surface area contributed by atoms with Crippen LogP contribution in [0.5, 0.6) is 0 Å². The van der Waals surface area contributed by atoms with Crippen LogP contribution >= 0.6 is 0 Å². The van der Waals surface area contributed by atoms with Gasteiger partial charge in [-0.15, -0.1) is 0 Å². The van der Waals surface area contributed by atoms with Crippen molar-refractivity contribution in [3.63, 3.8) is 0 Å². The Morgan fingerprint density at radius 3 is 2.59 bits per heavy atom. The SMILES string of the molecule is CCc1cccc(C)c1N(CCNC(=O)C1CC1)S(C)(=O)=O. The van der Waals surface area contributed by atoms with Gasteiger partial charge < -0.3 is 5.32 Å². The average Bonchev–Trinajstić information content (AvgIpc) is 3.27. The van der Waals surface area contributed by atoms with E-state index in [1.165, 1.54) is 10.6 Å². The molecule has 22 heavy (non-hydrogen) atoms. The predicted molar refractivity (Wildman–Crippen MR) is 88.5 cm³/mol. The minimum absolute atomic E-state index is 0.0361. The Morgan fingerprint density at radius 2 is 2.05 bits per heavy atom. The monoisotopic (exact) mass is 324 g/mol. The Bertz CT molecular complexity index is 651. The van der Waals surface area contributed by atoms with Gasteiger partial charge in [0.1, 0.15) is 0 Å². The van der Waals surface area contributed by atoms with Crippen LogP contribution in [0.15, 0.2) is 18.2 Å². The summed E-state index contributed by atoms with van der Waals surface area (Å²) in [6, 6.07) is 5.80. The maximum Gasteiger partial charge on any atom is 0.232 e. The fraction of sp³-hybridized carbons (Fsp3) is 0.562. The molecule has 0 atom stereocenters. The van der Waals surface area contributed by atoms with Gasteiger partial charge in [-0.05, 0) is 37.3 Å². The number of anilines is 1. The molecule has 0 aromatic heterocycles. The summed E-state index contributed by atoms with van der Waals surface area (Å²) in [5.74, 6) is 0.172. The van der Waals surface area contributed by atoms with E-state index < -0.39 is 10.0 Å². The van der Waals surface area contributed by atoms with Gasteiger partial charge in [-0.25, -0.2) is 8.42 Å². The first-order valence-corrected chi connectivity index (χ1v) is 9.53. The Morgan fingerprint density at radius 1 is 1.36 bits per heavy atom. The molecule has 1 aromatic rings. The lowest BCUT2D eigenvalue weighted by Crippen LogP contribution is -2.39. The van der Waals surface area contributed by atoms with Gasteiger partial charge in [0.05, 0.1) is 18.5 Å². The maximum absolute atomic E-state index is 12.2. The number of carbonyl (C=O) groups excluding carboxylic acids is 1. The first kappa shape index (κ1) is 16.8. The van der Waals surface area contributed by atoms with E-state index in [-0.39, 0.29) is 18.4 Å². The van der Waals surface area contributed by atoms with Crippen molar-refractivity contribution in [2.75, 3.05) is 23.7 Å². The van der Waals surface area contributed by atoms with Crippen LogP contribution in [-0.2, 0) is 21.2 Å². The molecule has 1 aromatic carbocycles. The fourth-order valence-corrected chi connectivity index (χ4v) is 3.59. The molecule has 5 nitrogen and oxygen atoms in total. The van der Waals surface area contributed by atoms with Crippen LogP contribution in [-0.4, -0.2) is 33.7 Å². The van der Waals surface area contributed by atoms with Crippen LogP contribution in [0, 0.1) is 12.8 Å². The third kappa shape index (κ3) is 4.00. The van der Waals surface area contributed by atoms with E-state index in [9.17, 15) is 13.2 Å². The highest BCUT2D eigenvalue weighted by molar-refractivity contribution is 7.92. The second-order valence-corrected chi connectivity index (χ2v) is 7.74. The van der Waals surface area contributed by atoms with E-state index in [0.29, 0.717) is 6.54 Å². The van der Waals surface area contributed by atoms with Crippen LogP contribution in [0.2, 0.25) is 0 Å². The zero-order valence-electron chi connectivity index (χ0n) is 13.4. The van der Waals surface area contributed by atoms with Gasteiger partial charge in [0.25, 0.3) is 0 Å². The molecular weight excluding hydrogens is 300 g/mol. The minimum Gasteiger partial charge on any atom is -0.354 e. The molecule has 0 radical (unpaired) electrons. The number of rotatable bonds is 7. The number of nitrogens with zero attached hydrogens (tertiary/aromatic N) is 1. The standard InChI is InChI=1S/C16H24N2O3S/c1-4-13-7-5-6-12(2)15(13)18(22(3,20)21)11-10-17-16(19)14-8-9-14/h5-7,14H,4,8-11H2,1-3H3,(H,17,19). The van der Waals surface area contributed by atoms with Crippen molar-refractivity contribution in [1.82, 2.24) is 5.32 Å². The molecule has 122 valence electrons. The number of benzene rings is 1. The van der Waals surface area contributed by atoms with E-state index >= 15 is 0 Å². The molecule has 0 saturated heterocycles. The summed E-state index contributed by atoms with van der Waals surface area (Å²) in [7, 11) is -3.39. The summed E-state index contributed by atoms with van der Waals surface area (Å²) in [5.41, 5.74) is 2.67. The van der Waals surface area contributed by atoms with Crippen LogP contribution in [0.3, 0.4) is 0 Å². The van der Waals surface area contributed by atoms with Crippen LogP contribution < -0.4 is 9.62 Å². The number of sulfonamides is 1. The quantitative estimate of drug-likeness (QED) is 0.832. The highest BCUT2D eigenvalue weighted by Crippen LogP contribution is 2.29. The summed E-state index contributed by atoms with van der Waals surface area (Å²) in [6.07, 6.45) is 3.86. The molecule has 1 aliphatic rings. The maximum atomic E-state index is 12.2. The molecule has 1 aliphatic carbocycles. The number of amides is 1. The van der Waals surface area contributed by atoms with Crippen LogP contribution in [0.1, 0.15) is 30.9 Å². The molecule has 0 unspecified atom stereocenters. The zero-order chi connectivity index (χ0) is 16.3. The topological polar surface area (TPSA) is 66.5 Å². The molecule has 0 spiro atoms. The summed E-state index contributed by atoms with van der Waals surface area (Å²) >= 11 is 0. The van der Waals surface area contributed by atoms with Crippen molar-refractivity contribution in [2.24, 2.45) is 5.92 Å². The van der Waals surface area contributed by atoms with Gasteiger partial charge in [-0.3, -0.25) is 9.10 Å². The first-order chi connectivity index (χ1) is 10.3. The van der Waals surface area contributed by atoms with Gasteiger partial charge in [0.2, 0.25) is 15.9 Å². The number of hydrogen-bond donors (Lipinski definition) is 1. The molecule has 0 aliphatic heterocycles. The van der Waals surface area contributed by atoms with Gasteiger partial charge in [0, 0.05) is 12.5 Å². The highest BCUT2D eigenvalue weighted by atomic mass is 32.2. The second-order valence-electron chi connectivity index (χ2n) is 5.84. The third-order valence-electron chi connectivity index (χ3n) is 3.91. The second kappa shape index (κ2) is 6.69. The third-order valence-corrected chi connectivity index (χ3v) is 5.08. The largest absolute Gasteiger partial charge is 0.354 e. The highest BCUT2D eigenvalue weighted by Gasteiger charge is 2.29. The summed E-state index contributed by atoms with van der Waals surface area (Å²) in [4.78, 5) is 11.7. The Hall–Kier alpha value is -1.56. The van der Waals surface area contributed by atoms with Crippen LogP contribution in [0.4, 0.5) is 5.69 Å². The lowest BCUT2D eigenvalue weighted by Gasteiger charge is -2.26. The van der Waals surface area contributed by atoms with E-state index in [1.54, 1.807) is 0 Å². The molecule has 1 fully saturated rings. The number of aryl methyl sites for hydroxylation is 2. The van der Waals surface area contributed by atoms with Crippen molar-refractivity contribution in [3.05, 3.63) is 29.3 Å². The number of para-hydroxylation sites is 1. The lowest BCUT2D eigenvalue weighted by atomic mass is 10.1. The van der Waals surface area contributed by atoms with E-state index in [1.807, 2.05) is 32.0 Å². The predicted octanol–water partition coefficient (Wildman–Crippen LogP) is 1.85. The molecule has 1 saturated carbocycles. The minimum atomic E-state index is -3.39. The Balaban J connectivity index is 2.18. The zero-order valence-corrected chi connectivity index (χ0v) is 14.2. The Labute approximate surface area is 132 Å². The number of nitrogens with one attached hydrogen (secondary N) is 1. The molecule has 2 rings (SSSR count). The summed E-state index contributed by atoms with van der Waals surface area (Å²) < 4.78 is 25.8. The molecule has 1 N–H and O–H groups in total. The van der Waals surface area contributed by atoms with E-state index in [0.717, 1.165) is 36.1 Å². The normalized spacial score (nSPS) is 14.7. The first-order valence-electron chi connectivity index (χ1n) is 7.68. The molecule has 0 heterocycles. The van der Waals surface area contributed by atoms with Gasteiger partial charge in [0.15, 0.2) is 0 Å². The molecular formula is C16H24N2O3S. The smallest absolute Gasteiger partial charge is 0.232 e. The average molecular weight is 324 g/mol. The number of hydrogen-bond acceptors (Lipinski definition) is 3. The van der Waals surface area contributed by atoms with Crippen molar-refractivity contribution in [3.8, 4) is 0 Å². The number of carbonyl (C=O) groups is 1. The van der Waals surface area contributed by atoms with Crippen molar-refractivity contribution < 1.29 is 13.2 Å². The Kier molecular flexibility index (Phi) is 5.11. The van der Waals surface area contributed by atoms with Gasteiger partial charge in [-0.1, -0.05) is 25.1 Å².